The Morgan fingerprint density at radius 1 is 1.19 bits per heavy atom. The van der Waals surface area contributed by atoms with Crippen LogP contribution in [-0.4, -0.2) is 28.4 Å². The van der Waals surface area contributed by atoms with Crippen molar-refractivity contribution in [3.05, 3.63) is 0 Å². The molecule has 0 aromatic rings. The molecule has 4 bridgehead atoms. The number of carbonyl (C=O) groups excluding carboxylic acids is 1. The first-order chi connectivity index (χ1) is 10.1. The Kier molecular flexibility index (Phi) is 2.96. The van der Waals surface area contributed by atoms with Crippen molar-refractivity contribution in [1.29, 1.82) is 5.26 Å². The molecule has 114 valence electrons. The van der Waals surface area contributed by atoms with Crippen LogP contribution in [0.15, 0.2) is 0 Å². The number of rotatable bonds is 3. The van der Waals surface area contributed by atoms with Crippen LogP contribution in [0.4, 0.5) is 0 Å². The third kappa shape index (κ3) is 1.98. The molecule has 4 heteroatoms. The van der Waals surface area contributed by atoms with E-state index in [0.29, 0.717) is 6.42 Å². The van der Waals surface area contributed by atoms with Crippen molar-refractivity contribution in [3.63, 3.8) is 0 Å². The number of hydrogen-bond acceptors (Lipinski definition) is 4. The van der Waals surface area contributed by atoms with E-state index in [4.69, 9.17) is 0 Å². The quantitative estimate of drug-likeness (QED) is 0.866. The van der Waals surface area contributed by atoms with Crippen molar-refractivity contribution < 1.29 is 4.79 Å². The molecule has 1 unspecified atom stereocenters. The zero-order valence-corrected chi connectivity index (χ0v) is 12.9. The minimum Gasteiger partial charge on any atom is -0.297 e. The van der Waals surface area contributed by atoms with E-state index in [9.17, 15) is 10.1 Å². The Hall–Kier alpha value is -0.920. The predicted octanol–water partition coefficient (Wildman–Crippen LogP) is 2.41. The second-order valence-corrected chi connectivity index (χ2v) is 8.09. The zero-order valence-electron chi connectivity index (χ0n) is 12.9. The Labute approximate surface area is 126 Å². The maximum atomic E-state index is 12.1. The van der Waals surface area contributed by atoms with Gasteiger partial charge in [0.25, 0.3) is 0 Å². The van der Waals surface area contributed by atoms with E-state index in [1.165, 1.54) is 38.5 Å². The fourth-order valence-electron chi connectivity index (χ4n) is 6.07. The second-order valence-electron chi connectivity index (χ2n) is 8.09. The summed E-state index contributed by atoms with van der Waals surface area (Å²) in [6.07, 6.45) is 9.59. The van der Waals surface area contributed by atoms with Gasteiger partial charge >= 0.3 is 0 Å². The molecule has 0 aromatic carbocycles. The molecule has 1 aliphatic heterocycles. The first-order valence-electron chi connectivity index (χ1n) is 8.53. The molecule has 5 rings (SSSR count). The van der Waals surface area contributed by atoms with E-state index < -0.39 is 5.54 Å². The van der Waals surface area contributed by atoms with Gasteiger partial charge in [0, 0.05) is 12.1 Å². The molecular formula is C17H25N3O. The maximum Gasteiger partial charge on any atom is 0.180 e. The number of nitriles is 1. The Morgan fingerprint density at radius 2 is 1.76 bits per heavy atom. The highest BCUT2D eigenvalue weighted by Crippen LogP contribution is 2.56. The first kappa shape index (κ1) is 13.7. The highest BCUT2D eigenvalue weighted by Gasteiger charge is 2.54. The van der Waals surface area contributed by atoms with Crippen molar-refractivity contribution >= 4 is 5.78 Å². The van der Waals surface area contributed by atoms with Crippen molar-refractivity contribution in [2.75, 3.05) is 6.54 Å². The molecule has 5 aliphatic rings. The van der Waals surface area contributed by atoms with Crippen LogP contribution in [0.2, 0.25) is 0 Å². The van der Waals surface area contributed by atoms with Gasteiger partial charge in [0.2, 0.25) is 0 Å². The number of Topliss-reactive ketones (excluding diaryl/α,β-unsaturated/α-hetero) is 1. The fraction of sp³-hybridized carbons (Fsp3) is 0.882. The molecule has 0 radical (unpaired) electrons. The Morgan fingerprint density at radius 3 is 2.24 bits per heavy atom. The number of ketones is 1. The van der Waals surface area contributed by atoms with Gasteiger partial charge in [0.1, 0.15) is 0 Å². The molecule has 1 saturated heterocycles. The lowest BCUT2D eigenvalue weighted by Crippen LogP contribution is -2.67. The molecule has 4 aliphatic carbocycles. The largest absolute Gasteiger partial charge is 0.297 e. The van der Waals surface area contributed by atoms with Gasteiger partial charge in [-0.3, -0.25) is 4.79 Å². The van der Waals surface area contributed by atoms with Crippen LogP contribution >= 0.6 is 0 Å². The van der Waals surface area contributed by atoms with Crippen molar-refractivity contribution in [2.45, 2.75) is 69.4 Å². The Bertz CT molecular complexity index is 473. The van der Waals surface area contributed by atoms with Gasteiger partial charge in [-0.15, -0.1) is 0 Å². The van der Waals surface area contributed by atoms with E-state index in [0.717, 1.165) is 30.7 Å². The predicted molar refractivity (Wildman–Crippen MR) is 79.0 cm³/mol. The van der Waals surface area contributed by atoms with Crippen molar-refractivity contribution in [3.8, 4) is 6.07 Å². The van der Waals surface area contributed by atoms with E-state index in [-0.39, 0.29) is 11.3 Å². The monoisotopic (exact) mass is 287 g/mol. The molecular weight excluding hydrogens is 262 g/mol. The van der Waals surface area contributed by atoms with E-state index in [1.807, 2.05) is 5.01 Å². The summed E-state index contributed by atoms with van der Waals surface area (Å²) in [5, 5.41) is 11.6. The van der Waals surface area contributed by atoms with Crippen molar-refractivity contribution in [1.82, 2.24) is 10.4 Å². The second kappa shape index (κ2) is 4.54. The normalized spacial score (nSPS) is 48.5. The Balaban J connectivity index is 1.58. The van der Waals surface area contributed by atoms with E-state index in [1.54, 1.807) is 6.92 Å². The third-order valence-electron chi connectivity index (χ3n) is 6.56. The lowest BCUT2D eigenvalue weighted by Gasteiger charge is -2.58. The number of nitrogens with zero attached hydrogens (tertiary/aromatic N) is 2. The average molecular weight is 287 g/mol. The number of hydrogen-bond donors (Lipinski definition) is 1. The molecule has 4 saturated carbocycles. The molecule has 0 aromatic heterocycles. The SMILES string of the molecule is CC(=O)C1(C#N)CCCN1NC12CC3CC(CC(C3)C1)C2. The first-order valence-corrected chi connectivity index (χ1v) is 8.53. The minimum atomic E-state index is -0.913. The summed E-state index contributed by atoms with van der Waals surface area (Å²) in [6, 6.07) is 2.32. The molecule has 0 spiro atoms. The van der Waals surface area contributed by atoms with E-state index >= 15 is 0 Å². The minimum absolute atomic E-state index is 0.000252. The van der Waals surface area contributed by atoms with E-state index in [2.05, 4.69) is 11.5 Å². The van der Waals surface area contributed by atoms with Crippen LogP contribution in [0, 0.1) is 29.1 Å². The van der Waals surface area contributed by atoms with Crippen LogP contribution in [0.1, 0.15) is 58.3 Å². The lowest BCUT2D eigenvalue weighted by atomic mass is 9.53. The number of hydrazine groups is 1. The summed E-state index contributed by atoms with van der Waals surface area (Å²) in [5.41, 5.74) is 3.00. The summed E-state index contributed by atoms with van der Waals surface area (Å²) in [6.45, 7) is 2.40. The molecule has 1 N–H and O–H groups in total. The van der Waals surface area contributed by atoms with Crippen molar-refractivity contribution in [2.24, 2.45) is 17.8 Å². The molecule has 1 heterocycles. The van der Waals surface area contributed by atoms with Crippen LogP contribution in [-0.2, 0) is 4.79 Å². The van der Waals surface area contributed by atoms with Gasteiger partial charge in [0.15, 0.2) is 11.3 Å². The van der Waals surface area contributed by atoms with Gasteiger partial charge in [-0.05, 0) is 76.0 Å². The van der Waals surface area contributed by atoms with Gasteiger partial charge in [-0.1, -0.05) is 0 Å². The molecule has 5 fully saturated rings. The van der Waals surface area contributed by atoms with Crippen LogP contribution in [0.5, 0.6) is 0 Å². The molecule has 1 atom stereocenters. The standard InChI is InChI=1S/C17H25N3O/c1-12(21)17(11-18)3-2-4-20(17)19-16-8-13-5-14(9-16)7-15(6-13)10-16/h13-15,19H,2-10H2,1H3. The van der Waals surface area contributed by atoms with Gasteiger partial charge in [0.05, 0.1) is 6.07 Å². The fourth-order valence-corrected chi connectivity index (χ4v) is 6.07. The summed E-state index contributed by atoms with van der Waals surface area (Å²) in [4.78, 5) is 12.1. The summed E-state index contributed by atoms with van der Waals surface area (Å²) >= 11 is 0. The van der Waals surface area contributed by atoms with Crippen LogP contribution in [0.25, 0.3) is 0 Å². The third-order valence-corrected chi connectivity index (χ3v) is 6.56. The summed E-state index contributed by atoms with van der Waals surface area (Å²) < 4.78 is 0. The highest BCUT2D eigenvalue weighted by molar-refractivity contribution is 5.89. The van der Waals surface area contributed by atoms with Gasteiger partial charge in [-0.25, -0.2) is 10.4 Å². The zero-order chi connectivity index (χ0) is 14.7. The van der Waals surface area contributed by atoms with Gasteiger partial charge < -0.3 is 0 Å². The smallest absolute Gasteiger partial charge is 0.180 e. The molecule has 0 amide bonds. The summed E-state index contributed by atoms with van der Waals surface area (Å²) in [5.74, 6) is 2.63. The molecule has 21 heavy (non-hydrogen) atoms. The number of nitrogens with one attached hydrogen (secondary N) is 1. The van der Waals surface area contributed by atoms with Crippen LogP contribution < -0.4 is 5.43 Å². The van der Waals surface area contributed by atoms with Gasteiger partial charge in [-0.2, -0.15) is 5.26 Å². The maximum absolute atomic E-state index is 12.1. The van der Waals surface area contributed by atoms with Crippen LogP contribution in [0.3, 0.4) is 0 Å². The molecule has 4 nitrogen and oxygen atoms in total. The summed E-state index contributed by atoms with van der Waals surface area (Å²) in [7, 11) is 0. The highest BCUT2D eigenvalue weighted by atomic mass is 16.1. The topological polar surface area (TPSA) is 56.1 Å². The lowest BCUT2D eigenvalue weighted by molar-refractivity contribution is -0.129. The average Bonchev–Trinajstić information content (AvgIpc) is 2.80. The number of carbonyl (C=O) groups is 1.